The summed E-state index contributed by atoms with van der Waals surface area (Å²) in [6.07, 6.45) is 3.08. The van der Waals surface area contributed by atoms with E-state index in [1.54, 1.807) is 0 Å². The van der Waals surface area contributed by atoms with Gasteiger partial charge in [0, 0.05) is 18.3 Å². The molecule has 4 atom stereocenters. The third-order valence-electron chi connectivity index (χ3n) is 3.63. The Labute approximate surface area is 154 Å². The number of amides is 3. The highest BCUT2D eigenvalue weighted by Gasteiger charge is 2.27. The number of hydrogen-bond acceptors (Lipinski definition) is 7. The van der Waals surface area contributed by atoms with E-state index in [-0.39, 0.29) is 6.42 Å². The van der Waals surface area contributed by atoms with Gasteiger partial charge in [-0.15, -0.1) is 0 Å². The molecule has 3 amide bonds. The van der Waals surface area contributed by atoms with Crippen molar-refractivity contribution in [2.75, 3.05) is 6.61 Å². The molecule has 0 aliphatic rings. The van der Waals surface area contributed by atoms with Gasteiger partial charge < -0.3 is 36.9 Å². The van der Waals surface area contributed by atoms with E-state index < -0.39 is 54.5 Å². The van der Waals surface area contributed by atoms with Crippen molar-refractivity contribution in [1.29, 1.82) is 0 Å². The van der Waals surface area contributed by atoms with Crippen LogP contribution in [-0.2, 0) is 25.6 Å². The van der Waals surface area contributed by atoms with Gasteiger partial charge in [-0.1, -0.05) is 0 Å². The summed E-state index contributed by atoms with van der Waals surface area (Å²) in [4.78, 5) is 53.4. The zero-order chi connectivity index (χ0) is 20.6. The van der Waals surface area contributed by atoms with Crippen molar-refractivity contribution in [2.24, 2.45) is 5.73 Å². The van der Waals surface area contributed by atoms with Crippen LogP contribution in [0, 0.1) is 0 Å². The number of H-pyrrole nitrogens is 1. The number of aromatic nitrogens is 2. The number of rotatable bonds is 10. The Hall–Kier alpha value is -2.99. The predicted molar refractivity (Wildman–Crippen MR) is 92.1 cm³/mol. The number of nitrogens with zero attached hydrogens (tertiary/aromatic N) is 1. The monoisotopic (exact) mass is 384 g/mol. The summed E-state index contributed by atoms with van der Waals surface area (Å²) >= 11 is 0. The summed E-state index contributed by atoms with van der Waals surface area (Å²) < 4.78 is 0. The van der Waals surface area contributed by atoms with Gasteiger partial charge in [0.1, 0.15) is 18.1 Å². The summed E-state index contributed by atoms with van der Waals surface area (Å²) in [6.45, 7) is 1.89. The van der Waals surface area contributed by atoms with Crippen molar-refractivity contribution in [2.45, 2.75) is 44.4 Å². The van der Waals surface area contributed by atoms with Crippen molar-refractivity contribution in [3.05, 3.63) is 18.2 Å². The predicted octanol–water partition coefficient (Wildman–Crippen LogP) is -3.15. The van der Waals surface area contributed by atoms with Crippen molar-refractivity contribution in [3.8, 4) is 0 Å². The zero-order valence-corrected chi connectivity index (χ0v) is 14.9. The highest BCUT2D eigenvalue weighted by Crippen LogP contribution is 1.98. The maximum Gasteiger partial charge on any atom is 0.325 e. The molecule has 0 bridgehead atoms. The molecule has 0 saturated carbocycles. The summed E-state index contributed by atoms with van der Waals surface area (Å²) in [6, 6.07) is -4.52. The van der Waals surface area contributed by atoms with Crippen LogP contribution in [0.5, 0.6) is 0 Å². The van der Waals surface area contributed by atoms with E-state index in [2.05, 4.69) is 25.9 Å². The molecule has 27 heavy (non-hydrogen) atoms. The molecular weight excluding hydrogens is 360 g/mol. The number of aromatic amines is 1. The Morgan fingerprint density at radius 3 is 2.26 bits per heavy atom. The van der Waals surface area contributed by atoms with E-state index in [0.29, 0.717) is 5.69 Å². The number of imidazole rings is 1. The smallest absolute Gasteiger partial charge is 0.325 e. The Morgan fingerprint density at radius 2 is 1.74 bits per heavy atom. The standard InChI is InChI=1S/C15H24N6O6/c1-7(12(23)20-8(2)15(26)27)19-14(25)11(5-22)21-13(24)10(16)3-9-4-17-6-18-9/h4,6-8,10-11,22H,3,5,16H2,1-2H3,(H,17,18)(H,19,25)(H,20,23)(H,21,24)(H,26,27). The molecule has 12 nitrogen and oxygen atoms in total. The summed E-state index contributed by atoms with van der Waals surface area (Å²) in [5, 5.41) is 24.9. The summed E-state index contributed by atoms with van der Waals surface area (Å²) in [5.41, 5.74) is 6.38. The van der Waals surface area contributed by atoms with Gasteiger partial charge in [0.15, 0.2) is 0 Å². The van der Waals surface area contributed by atoms with Crippen LogP contribution in [0.1, 0.15) is 19.5 Å². The van der Waals surface area contributed by atoms with Crippen molar-refractivity contribution in [1.82, 2.24) is 25.9 Å². The second kappa shape index (κ2) is 10.2. The molecule has 0 radical (unpaired) electrons. The number of nitrogens with two attached hydrogens (primary N) is 1. The second-order valence-electron chi connectivity index (χ2n) is 5.93. The van der Waals surface area contributed by atoms with Gasteiger partial charge in [-0.2, -0.15) is 0 Å². The lowest BCUT2D eigenvalue weighted by atomic mass is 10.1. The average molecular weight is 384 g/mol. The van der Waals surface area contributed by atoms with E-state index >= 15 is 0 Å². The minimum atomic E-state index is -1.32. The number of carbonyl (C=O) groups is 4. The zero-order valence-electron chi connectivity index (χ0n) is 14.9. The summed E-state index contributed by atoms with van der Waals surface area (Å²) in [7, 11) is 0. The maximum absolute atomic E-state index is 12.1. The highest BCUT2D eigenvalue weighted by molar-refractivity contribution is 5.93. The molecule has 0 aromatic carbocycles. The Morgan fingerprint density at radius 1 is 1.11 bits per heavy atom. The molecule has 1 heterocycles. The summed E-state index contributed by atoms with van der Waals surface area (Å²) in [5.74, 6) is -3.44. The van der Waals surface area contributed by atoms with Gasteiger partial charge in [-0.25, -0.2) is 4.98 Å². The van der Waals surface area contributed by atoms with Crippen LogP contribution in [0.15, 0.2) is 12.5 Å². The molecule has 150 valence electrons. The average Bonchev–Trinajstić information content (AvgIpc) is 3.11. The normalized spacial score (nSPS) is 15.1. The first-order valence-electron chi connectivity index (χ1n) is 8.13. The van der Waals surface area contributed by atoms with Crippen LogP contribution in [0.4, 0.5) is 0 Å². The molecular formula is C15H24N6O6. The first-order valence-corrected chi connectivity index (χ1v) is 8.13. The fraction of sp³-hybridized carbons (Fsp3) is 0.533. The molecule has 8 N–H and O–H groups in total. The van der Waals surface area contributed by atoms with Gasteiger partial charge in [-0.05, 0) is 13.8 Å². The van der Waals surface area contributed by atoms with Gasteiger partial charge in [-0.3, -0.25) is 19.2 Å². The lowest BCUT2D eigenvalue weighted by Crippen LogP contribution is -2.57. The molecule has 4 unspecified atom stereocenters. The molecule has 1 aromatic rings. The van der Waals surface area contributed by atoms with Crippen LogP contribution in [0.25, 0.3) is 0 Å². The van der Waals surface area contributed by atoms with E-state index in [0.717, 1.165) is 0 Å². The molecule has 0 aliphatic carbocycles. The molecule has 0 spiro atoms. The van der Waals surface area contributed by atoms with E-state index in [9.17, 15) is 24.3 Å². The van der Waals surface area contributed by atoms with E-state index in [4.69, 9.17) is 10.8 Å². The first-order chi connectivity index (χ1) is 12.6. The van der Waals surface area contributed by atoms with E-state index in [1.165, 1.54) is 26.4 Å². The number of carboxylic acids is 1. The highest BCUT2D eigenvalue weighted by atomic mass is 16.4. The minimum Gasteiger partial charge on any atom is -0.480 e. The number of carbonyl (C=O) groups excluding carboxylic acids is 3. The van der Waals surface area contributed by atoms with Crippen molar-refractivity contribution >= 4 is 23.7 Å². The number of aliphatic carboxylic acids is 1. The molecule has 12 heteroatoms. The van der Waals surface area contributed by atoms with Crippen molar-refractivity contribution < 1.29 is 29.4 Å². The van der Waals surface area contributed by atoms with Crippen LogP contribution in [0.2, 0.25) is 0 Å². The molecule has 0 aliphatic heterocycles. The van der Waals surface area contributed by atoms with Gasteiger partial charge in [0.2, 0.25) is 17.7 Å². The van der Waals surface area contributed by atoms with Gasteiger partial charge in [0.25, 0.3) is 0 Å². The Balaban J connectivity index is 2.56. The quantitative estimate of drug-likeness (QED) is 0.219. The van der Waals surface area contributed by atoms with Crippen molar-refractivity contribution in [3.63, 3.8) is 0 Å². The fourth-order valence-corrected chi connectivity index (χ4v) is 1.98. The number of aliphatic hydroxyl groups is 1. The Kier molecular flexibility index (Phi) is 8.35. The number of hydrogen-bond donors (Lipinski definition) is 7. The third-order valence-corrected chi connectivity index (χ3v) is 3.63. The number of aliphatic hydroxyl groups excluding tert-OH is 1. The maximum atomic E-state index is 12.1. The largest absolute Gasteiger partial charge is 0.480 e. The topological polar surface area (TPSA) is 200 Å². The molecule has 1 rings (SSSR count). The molecule has 1 aromatic heterocycles. The SMILES string of the molecule is CC(NC(=O)C(C)NC(=O)C(CO)NC(=O)C(N)Cc1cnc[nH]1)C(=O)O. The lowest BCUT2D eigenvalue weighted by molar-refractivity contribution is -0.141. The fourth-order valence-electron chi connectivity index (χ4n) is 1.98. The van der Waals surface area contributed by atoms with Crippen LogP contribution >= 0.6 is 0 Å². The Bertz CT molecular complexity index is 664. The second-order valence-corrected chi connectivity index (χ2v) is 5.93. The van der Waals surface area contributed by atoms with Crippen LogP contribution < -0.4 is 21.7 Å². The minimum absolute atomic E-state index is 0.150. The van der Waals surface area contributed by atoms with Crippen LogP contribution in [-0.4, -0.2) is 74.6 Å². The molecule has 0 saturated heterocycles. The van der Waals surface area contributed by atoms with Gasteiger partial charge in [0.05, 0.1) is 19.0 Å². The number of carboxylic acid groups (broad SMARTS) is 1. The van der Waals surface area contributed by atoms with Gasteiger partial charge >= 0.3 is 5.97 Å². The lowest BCUT2D eigenvalue weighted by Gasteiger charge is -2.21. The third kappa shape index (κ3) is 7.03. The first kappa shape index (κ1) is 22.1. The number of nitrogens with one attached hydrogen (secondary N) is 4. The van der Waals surface area contributed by atoms with E-state index in [1.807, 2.05) is 0 Å². The molecule has 0 fully saturated rings. The van der Waals surface area contributed by atoms with Crippen LogP contribution in [0.3, 0.4) is 0 Å².